The number of anilines is 1. The van der Waals surface area contributed by atoms with Gasteiger partial charge in [-0.05, 0) is 39.2 Å². The van der Waals surface area contributed by atoms with Gasteiger partial charge in [0.05, 0.1) is 0 Å². The number of nitrogens with one attached hydrogen (secondary N) is 1. The number of nitrogens with zero attached hydrogens (tertiary/aromatic N) is 2. The number of hydrogen-bond acceptors (Lipinski definition) is 5. The van der Waals surface area contributed by atoms with Gasteiger partial charge in [0.2, 0.25) is 5.82 Å². The SMILES string of the molecule is CC(C)CCNc1ccnc(C(=O)OC(C)(C)C)n1. The summed E-state index contributed by atoms with van der Waals surface area (Å²) < 4.78 is 5.23. The fraction of sp³-hybridized carbons (Fsp3) is 0.643. The van der Waals surface area contributed by atoms with Crippen LogP contribution >= 0.6 is 0 Å². The Morgan fingerprint density at radius 2 is 2.11 bits per heavy atom. The van der Waals surface area contributed by atoms with Gasteiger partial charge in [-0.15, -0.1) is 0 Å². The van der Waals surface area contributed by atoms with Crippen LogP contribution in [0.25, 0.3) is 0 Å². The van der Waals surface area contributed by atoms with Crippen molar-refractivity contribution in [3.8, 4) is 0 Å². The minimum absolute atomic E-state index is 0.0875. The Balaban J connectivity index is 2.64. The summed E-state index contributed by atoms with van der Waals surface area (Å²) in [6, 6.07) is 1.74. The van der Waals surface area contributed by atoms with E-state index in [0.29, 0.717) is 11.7 Å². The summed E-state index contributed by atoms with van der Waals surface area (Å²) in [5.41, 5.74) is -0.540. The van der Waals surface area contributed by atoms with E-state index in [1.54, 1.807) is 12.3 Å². The molecule has 0 radical (unpaired) electrons. The van der Waals surface area contributed by atoms with E-state index in [-0.39, 0.29) is 5.82 Å². The van der Waals surface area contributed by atoms with E-state index < -0.39 is 11.6 Å². The predicted octanol–water partition coefficient (Wildman–Crippen LogP) is 2.89. The van der Waals surface area contributed by atoms with Crippen LogP contribution in [0, 0.1) is 5.92 Å². The maximum absolute atomic E-state index is 11.8. The standard InChI is InChI=1S/C14H23N3O2/c1-10(2)6-8-15-11-7-9-16-12(17-11)13(18)19-14(3,4)5/h7,9-10H,6,8H2,1-5H3,(H,15,16,17). The molecule has 5 nitrogen and oxygen atoms in total. The second-order valence-electron chi connectivity index (χ2n) is 5.88. The average molecular weight is 265 g/mol. The van der Waals surface area contributed by atoms with Crippen LogP contribution in [0.15, 0.2) is 12.3 Å². The van der Waals surface area contributed by atoms with Crippen LogP contribution in [-0.4, -0.2) is 28.1 Å². The average Bonchev–Trinajstić information content (AvgIpc) is 2.26. The third kappa shape index (κ3) is 6.18. The van der Waals surface area contributed by atoms with Gasteiger partial charge in [-0.3, -0.25) is 0 Å². The van der Waals surface area contributed by atoms with Gasteiger partial charge in [0.1, 0.15) is 11.4 Å². The van der Waals surface area contributed by atoms with Crippen molar-refractivity contribution in [2.24, 2.45) is 5.92 Å². The lowest BCUT2D eigenvalue weighted by Gasteiger charge is -2.18. The molecule has 1 aromatic rings. The predicted molar refractivity (Wildman–Crippen MR) is 75.1 cm³/mol. The second kappa shape index (κ2) is 6.50. The lowest BCUT2D eigenvalue weighted by molar-refractivity contribution is 0.00557. The topological polar surface area (TPSA) is 64.1 Å². The van der Waals surface area contributed by atoms with E-state index in [9.17, 15) is 4.79 Å². The third-order valence-electron chi connectivity index (χ3n) is 2.26. The molecule has 0 saturated carbocycles. The summed E-state index contributed by atoms with van der Waals surface area (Å²) in [5, 5.41) is 3.18. The first kappa shape index (κ1) is 15.4. The first-order valence-electron chi connectivity index (χ1n) is 6.58. The van der Waals surface area contributed by atoms with Crippen LogP contribution in [0.2, 0.25) is 0 Å². The zero-order chi connectivity index (χ0) is 14.5. The van der Waals surface area contributed by atoms with Gasteiger partial charge in [0, 0.05) is 12.7 Å². The molecule has 0 spiro atoms. The van der Waals surface area contributed by atoms with Crippen molar-refractivity contribution in [2.45, 2.75) is 46.6 Å². The van der Waals surface area contributed by atoms with E-state index in [1.165, 1.54) is 0 Å². The van der Waals surface area contributed by atoms with Gasteiger partial charge in [0.25, 0.3) is 0 Å². The van der Waals surface area contributed by atoms with Crippen molar-refractivity contribution in [3.05, 3.63) is 18.1 Å². The molecule has 0 unspecified atom stereocenters. The molecule has 5 heteroatoms. The molecule has 0 aliphatic carbocycles. The first-order valence-corrected chi connectivity index (χ1v) is 6.58. The molecule has 1 heterocycles. The molecule has 0 fully saturated rings. The Labute approximate surface area is 114 Å². The minimum atomic E-state index is -0.540. The lowest BCUT2D eigenvalue weighted by Crippen LogP contribution is -2.25. The maximum Gasteiger partial charge on any atom is 0.376 e. The number of ether oxygens (including phenoxy) is 1. The van der Waals surface area contributed by atoms with Crippen LogP contribution in [0.1, 0.15) is 51.7 Å². The first-order chi connectivity index (χ1) is 8.78. The molecule has 0 aliphatic heterocycles. The second-order valence-corrected chi connectivity index (χ2v) is 5.88. The third-order valence-corrected chi connectivity index (χ3v) is 2.26. The van der Waals surface area contributed by atoms with Crippen molar-refractivity contribution in [2.75, 3.05) is 11.9 Å². The zero-order valence-corrected chi connectivity index (χ0v) is 12.4. The molecule has 1 rings (SSSR count). The quantitative estimate of drug-likeness (QED) is 0.829. The summed E-state index contributed by atoms with van der Waals surface area (Å²) in [4.78, 5) is 19.9. The number of carbonyl (C=O) groups excluding carboxylic acids is 1. The molecule has 1 N–H and O–H groups in total. The van der Waals surface area contributed by atoms with E-state index in [4.69, 9.17) is 4.74 Å². The van der Waals surface area contributed by atoms with Crippen molar-refractivity contribution >= 4 is 11.8 Å². The molecule has 0 atom stereocenters. The monoisotopic (exact) mass is 265 g/mol. The molecule has 0 aromatic carbocycles. The minimum Gasteiger partial charge on any atom is -0.454 e. The van der Waals surface area contributed by atoms with Gasteiger partial charge in [-0.25, -0.2) is 14.8 Å². The van der Waals surface area contributed by atoms with E-state index in [1.807, 2.05) is 20.8 Å². The number of aromatic nitrogens is 2. The number of hydrogen-bond donors (Lipinski definition) is 1. The zero-order valence-electron chi connectivity index (χ0n) is 12.4. The van der Waals surface area contributed by atoms with Crippen LogP contribution in [0.4, 0.5) is 5.82 Å². The highest BCUT2D eigenvalue weighted by Gasteiger charge is 2.20. The summed E-state index contributed by atoms with van der Waals surface area (Å²) >= 11 is 0. The van der Waals surface area contributed by atoms with Gasteiger partial charge in [0.15, 0.2) is 0 Å². The van der Waals surface area contributed by atoms with Crippen LogP contribution < -0.4 is 5.32 Å². The Kier molecular flexibility index (Phi) is 5.27. The van der Waals surface area contributed by atoms with E-state index in [0.717, 1.165) is 13.0 Å². The fourth-order valence-electron chi connectivity index (χ4n) is 1.37. The van der Waals surface area contributed by atoms with Crippen molar-refractivity contribution in [3.63, 3.8) is 0 Å². The van der Waals surface area contributed by atoms with Crippen molar-refractivity contribution < 1.29 is 9.53 Å². The van der Waals surface area contributed by atoms with Crippen molar-refractivity contribution in [1.29, 1.82) is 0 Å². The normalized spacial score (nSPS) is 11.5. The molecule has 19 heavy (non-hydrogen) atoms. The van der Waals surface area contributed by atoms with Crippen LogP contribution in [-0.2, 0) is 4.74 Å². The summed E-state index contributed by atoms with van der Waals surface area (Å²) in [7, 11) is 0. The molecular weight excluding hydrogens is 242 g/mol. The van der Waals surface area contributed by atoms with E-state index in [2.05, 4.69) is 29.1 Å². The van der Waals surface area contributed by atoms with Crippen molar-refractivity contribution in [1.82, 2.24) is 9.97 Å². The Bertz CT molecular complexity index is 425. The molecule has 1 aromatic heterocycles. The Morgan fingerprint density at radius 3 is 2.68 bits per heavy atom. The molecule has 0 aliphatic rings. The summed E-state index contributed by atoms with van der Waals surface area (Å²) in [5.74, 6) is 0.862. The van der Waals surface area contributed by atoms with Gasteiger partial charge < -0.3 is 10.1 Å². The number of carbonyl (C=O) groups is 1. The number of rotatable bonds is 5. The summed E-state index contributed by atoms with van der Waals surface area (Å²) in [6.45, 7) is 10.6. The molecule has 0 bridgehead atoms. The maximum atomic E-state index is 11.8. The molecule has 0 saturated heterocycles. The lowest BCUT2D eigenvalue weighted by atomic mass is 10.1. The number of esters is 1. The Hall–Kier alpha value is -1.65. The van der Waals surface area contributed by atoms with Crippen LogP contribution in [0.3, 0.4) is 0 Å². The Morgan fingerprint density at radius 1 is 1.42 bits per heavy atom. The molecule has 0 amide bonds. The largest absolute Gasteiger partial charge is 0.454 e. The highest BCUT2D eigenvalue weighted by Crippen LogP contribution is 2.11. The highest BCUT2D eigenvalue weighted by molar-refractivity contribution is 5.85. The highest BCUT2D eigenvalue weighted by atomic mass is 16.6. The fourth-order valence-corrected chi connectivity index (χ4v) is 1.37. The summed E-state index contributed by atoms with van der Waals surface area (Å²) in [6.07, 6.45) is 2.61. The van der Waals surface area contributed by atoms with E-state index >= 15 is 0 Å². The van der Waals surface area contributed by atoms with Gasteiger partial charge in [-0.1, -0.05) is 13.8 Å². The smallest absolute Gasteiger partial charge is 0.376 e. The van der Waals surface area contributed by atoms with Gasteiger partial charge in [-0.2, -0.15) is 0 Å². The molecular formula is C14H23N3O2. The van der Waals surface area contributed by atoms with Crippen LogP contribution in [0.5, 0.6) is 0 Å². The molecule has 106 valence electrons. The van der Waals surface area contributed by atoms with Gasteiger partial charge >= 0.3 is 5.97 Å².